The van der Waals surface area contributed by atoms with Gasteiger partial charge in [-0.25, -0.2) is 4.39 Å². The van der Waals surface area contributed by atoms with Crippen LogP contribution in [0.15, 0.2) is 29.3 Å². The van der Waals surface area contributed by atoms with E-state index in [1.54, 1.807) is 19.2 Å². The van der Waals surface area contributed by atoms with Gasteiger partial charge in [0.15, 0.2) is 5.96 Å². The number of nitrogens with zero attached hydrogens (tertiary/aromatic N) is 1. The number of carbonyl (C=O) groups is 1. The van der Waals surface area contributed by atoms with Crippen LogP contribution in [0, 0.1) is 5.82 Å². The number of esters is 1. The number of rotatable bonds is 7. The van der Waals surface area contributed by atoms with Crippen LogP contribution in [-0.4, -0.2) is 38.2 Å². The van der Waals surface area contributed by atoms with Crippen LogP contribution in [0.5, 0.6) is 0 Å². The highest BCUT2D eigenvalue weighted by atomic mass is 19.1. The normalized spacial score (nSPS) is 11.4. The molecule has 0 saturated heterocycles. The van der Waals surface area contributed by atoms with Crippen molar-refractivity contribution in [3.63, 3.8) is 0 Å². The summed E-state index contributed by atoms with van der Waals surface area (Å²) in [6.45, 7) is 4.62. The van der Waals surface area contributed by atoms with E-state index in [4.69, 9.17) is 4.74 Å². The van der Waals surface area contributed by atoms with Crippen molar-refractivity contribution < 1.29 is 13.9 Å². The zero-order valence-electron chi connectivity index (χ0n) is 13.4. The Labute approximate surface area is 131 Å². The molecule has 122 valence electrons. The molecular formula is C16H24FN3O2. The van der Waals surface area contributed by atoms with Crippen LogP contribution in [0.25, 0.3) is 0 Å². The van der Waals surface area contributed by atoms with Crippen LogP contribution in [-0.2, 0) is 16.0 Å². The minimum absolute atomic E-state index is 0.106. The Kier molecular flexibility index (Phi) is 7.96. The second kappa shape index (κ2) is 9.76. The molecule has 0 unspecified atom stereocenters. The van der Waals surface area contributed by atoms with Gasteiger partial charge < -0.3 is 15.4 Å². The summed E-state index contributed by atoms with van der Waals surface area (Å²) >= 11 is 0. The number of hydrogen-bond acceptors (Lipinski definition) is 3. The molecule has 6 heteroatoms. The molecule has 1 rings (SSSR count). The predicted octanol–water partition coefficient (Wildman–Crippen LogP) is 1.87. The molecule has 0 radical (unpaired) electrons. The Morgan fingerprint density at radius 2 is 1.95 bits per heavy atom. The van der Waals surface area contributed by atoms with Gasteiger partial charge in [-0.15, -0.1) is 0 Å². The lowest BCUT2D eigenvalue weighted by Crippen LogP contribution is -2.39. The summed E-state index contributed by atoms with van der Waals surface area (Å²) < 4.78 is 18.5. The van der Waals surface area contributed by atoms with E-state index in [2.05, 4.69) is 15.6 Å². The van der Waals surface area contributed by atoms with E-state index in [1.165, 1.54) is 6.07 Å². The van der Waals surface area contributed by atoms with Gasteiger partial charge in [0.25, 0.3) is 0 Å². The standard InChI is InChI=1S/C16H24FN3O2/c1-12(2)22-15(21)9-11-20-16(18-3)19-10-8-13-6-4-5-7-14(13)17/h4-7,12H,8-11H2,1-3H3,(H2,18,19,20). The van der Waals surface area contributed by atoms with Crippen molar-refractivity contribution in [2.45, 2.75) is 32.8 Å². The number of nitrogens with one attached hydrogen (secondary N) is 2. The van der Waals surface area contributed by atoms with Gasteiger partial charge in [0.2, 0.25) is 0 Å². The Morgan fingerprint density at radius 1 is 1.27 bits per heavy atom. The summed E-state index contributed by atoms with van der Waals surface area (Å²) in [5, 5.41) is 6.10. The van der Waals surface area contributed by atoms with E-state index < -0.39 is 0 Å². The molecule has 2 N–H and O–H groups in total. The number of ether oxygens (including phenoxy) is 1. The van der Waals surface area contributed by atoms with Gasteiger partial charge in [0.1, 0.15) is 5.82 Å². The molecule has 0 saturated carbocycles. The predicted molar refractivity (Wildman–Crippen MR) is 85.3 cm³/mol. The second-order valence-electron chi connectivity index (χ2n) is 5.06. The molecule has 0 aliphatic rings. The lowest BCUT2D eigenvalue weighted by molar-refractivity contribution is -0.147. The zero-order chi connectivity index (χ0) is 16.4. The third kappa shape index (κ3) is 7.06. The molecule has 0 atom stereocenters. The molecule has 0 aliphatic heterocycles. The summed E-state index contributed by atoms with van der Waals surface area (Å²) in [5.41, 5.74) is 0.658. The molecule has 1 aromatic carbocycles. The third-order valence-electron chi connectivity index (χ3n) is 2.86. The quantitative estimate of drug-likeness (QED) is 0.458. The number of benzene rings is 1. The number of hydrogen-bond donors (Lipinski definition) is 2. The average molecular weight is 309 g/mol. The minimum atomic E-state index is -0.246. The Bertz CT molecular complexity index is 504. The van der Waals surface area contributed by atoms with Crippen molar-refractivity contribution >= 4 is 11.9 Å². The molecule has 0 fully saturated rings. The van der Waals surface area contributed by atoms with Crippen LogP contribution in [0.3, 0.4) is 0 Å². The number of aliphatic imine (C=N–C) groups is 1. The van der Waals surface area contributed by atoms with Gasteiger partial charge in [-0.05, 0) is 31.9 Å². The summed E-state index contributed by atoms with van der Waals surface area (Å²) in [7, 11) is 1.64. The van der Waals surface area contributed by atoms with Gasteiger partial charge in [-0.1, -0.05) is 18.2 Å². The van der Waals surface area contributed by atoms with E-state index in [1.807, 2.05) is 19.9 Å². The summed E-state index contributed by atoms with van der Waals surface area (Å²) in [6, 6.07) is 6.69. The van der Waals surface area contributed by atoms with Gasteiger partial charge >= 0.3 is 5.97 Å². The van der Waals surface area contributed by atoms with E-state index >= 15 is 0 Å². The minimum Gasteiger partial charge on any atom is -0.463 e. The number of guanidine groups is 1. The largest absolute Gasteiger partial charge is 0.463 e. The fourth-order valence-electron chi connectivity index (χ4n) is 1.84. The first-order valence-electron chi connectivity index (χ1n) is 7.40. The maximum absolute atomic E-state index is 13.5. The summed E-state index contributed by atoms with van der Waals surface area (Å²) in [4.78, 5) is 15.4. The fraction of sp³-hybridized carbons (Fsp3) is 0.500. The van der Waals surface area contributed by atoms with Gasteiger partial charge in [-0.3, -0.25) is 9.79 Å². The lowest BCUT2D eigenvalue weighted by Gasteiger charge is -2.12. The average Bonchev–Trinajstić information content (AvgIpc) is 2.46. The van der Waals surface area contributed by atoms with Crippen LogP contribution in [0.1, 0.15) is 25.8 Å². The lowest BCUT2D eigenvalue weighted by atomic mass is 10.1. The smallest absolute Gasteiger partial charge is 0.307 e. The van der Waals surface area contributed by atoms with Crippen LogP contribution < -0.4 is 10.6 Å². The highest BCUT2D eigenvalue weighted by molar-refractivity contribution is 5.80. The fourth-order valence-corrected chi connectivity index (χ4v) is 1.84. The highest BCUT2D eigenvalue weighted by Crippen LogP contribution is 2.05. The number of carbonyl (C=O) groups excluding carboxylic acids is 1. The topological polar surface area (TPSA) is 62.7 Å². The van der Waals surface area contributed by atoms with E-state index in [-0.39, 0.29) is 24.3 Å². The summed E-state index contributed by atoms with van der Waals surface area (Å²) in [6.07, 6.45) is 0.723. The van der Waals surface area contributed by atoms with Crippen LogP contribution in [0.4, 0.5) is 4.39 Å². The molecule has 0 heterocycles. The molecule has 0 aromatic heterocycles. The van der Waals surface area contributed by atoms with E-state index in [9.17, 15) is 9.18 Å². The SMILES string of the molecule is CN=C(NCCC(=O)OC(C)C)NCCc1ccccc1F. The monoisotopic (exact) mass is 309 g/mol. The van der Waals surface area contributed by atoms with Crippen molar-refractivity contribution in [1.29, 1.82) is 0 Å². The van der Waals surface area contributed by atoms with Crippen molar-refractivity contribution in [2.24, 2.45) is 4.99 Å². The van der Waals surface area contributed by atoms with Crippen molar-refractivity contribution in [1.82, 2.24) is 10.6 Å². The zero-order valence-corrected chi connectivity index (χ0v) is 13.4. The maximum atomic E-state index is 13.5. The molecule has 0 aliphatic carbocycles. The van der Waals surface area contributed by atoms with Gasteiger partial charge in [-0.2, -0.15) is 0 Å². The van der Waals surface area contributed by atoms with Gasteiger partial charge in [0, 0.05) is 20.1 Å². The van der Waals surface area contributed by atoms with Crippen LogP contribution in [0.2, 0.25) is 0 Å². The first kappa shape index (κ1) is 17.9. The second-order valence-corrected chi connectivity index (χ2v) is 5.06. The van der Waals surface area contributed by atoms with Crippen molar-refractivity contribution in [3.8, 4) is 0 Å². The maximum Gasteiger partial charge on any atom is 0.307 e. The van der Waals surface area contributed by atoms with Crippen molar-refractivity contribution in [2.75, 3.05) is 20.1 Å². The molecule has 22 heavy (non-hydrogen) atoms. The molecule has 0 amide bonds. The first-order valence-corrected chi connectivity index (χ1v) is 7.40. The van der Waals surface area contributed by atoms with Crippen molar-refractivity contribution in [3.05, 3.63) is 35.6 Å². The Morgan fingerprint density at radius 3 is 2.59 bits per heavy atom. The third-order valence-corrected chi connectivity index (χ3v) is 2.86. The molecular weight excluding hydrogens is 285 g/mol. The Balaban J connectivity index is 2.26. The highest BCUT2D eigenvalue weighted by Gasteiger charge is 2.06. The van der Waals surface area contributed by atoms with Crippen LogP contribution >= 0.6 is 0 Å². The van der Waals surface area contributed by atoms with Gasteiger partial charge in [0.05, 0.1) is 12.5 Å². The molecule has 5 nitrogen and oxygen atoms in total. The molecule has 0 bridgehead atoms. The Hall–Kier alpha value is -2.11. The summed E-state index contributed by atoms with van der Waals surface area (Å²) in [5.74, 6) is 0.127. The van der Waals surface area contributed by atoms with E-state index in [0.29, 0.717) is 31.0 Å². The number of halogens is 1. The molecule has 0 spiro atoms. The first-order chi connectivity index (χ1) is 10.5. The van der Waals surface area contributed by atoms with E-state index in [0.717, 1.165) is 0 Å². The molecule has 1 aromatic rings.